The highest BCUT2D eigenvalue weighted by atomic mass is 16.6. The van der Waals surface area contributed by atoms with E-state index >= 15 is 0 Å². The van der Waals surface area contributed by atoms with Gasteiger partial charge < -0.3 is 19.0 Å². The summed E-state index contributed by atoms with van der Waals surface area (Å²) in [5.41, 5.74) is 2.54. The van der Waals surface area contributed by atoms with Gasteiger partial charge in [-0.05, 0) is 68.0 Å². The van der Waals surface area contributed by atoms with Crippen LogP contribution in [0.25, 0.3) is 0 Å². The summed E-state index contributed by atoms with van der Waals surface area (Å²) < 4.78 is 16.6. The van der Waals surface area contributed by atoms with E-state index in [-0.39, 0.29) is 32.0 Å². The molecule has 8 nitrogen and oxygen atoms in total. The van der Waals surface area contributed by atoms with Gasteiger partial charge in [0, 0.05) is 30.4 Å². The molecule has 1 fully saturated rings. The van der Waals surface area contributed by atoms with Crippen molar-refractivity contribution in [2.24, 2.45) is 11.8 Å². The fourth-order valence-electron chi connectivity index (χ4n) is 5.49. The first-order valence-corrected chi connectivity index (χ1v) is 14.9. The van der Waals surface area contributed by atoms with Crippen molar-refractivity contribution in [3.63, 3.8) is 0 Å². The molecule has 1 amide bonds. The standard InChI is InChI=1S/C35H39NO7/c1-2-41-34(39)32-30(21-22-37)31(24-36(32)35(40)43-25-27-15-8-4-9-16-27)33(38)28-17-19-29(20-18-28)42-23-11-5-10-14-26-12-6-3-7-13-26/h3-4,6-9,12-13,15-20,22,30-32H,2,5,10-11,14,21,23-25H2,1H3/t30-,31-,32-/m0/s1. The van der Waals surface area contributed by atoms with E-state index in [1.165, 1.54) is 10.5 Å². The third kappa shape index (κ3) is 8.77. The molecule has 0 saturated carbocycles. The highest BCUT2D eigenvalue weighted by Gasteiger charge is 2.51. The average Bonchev–Trinajstić information content (AvgIpc) is 3.42. The van der Waals surface area contributed by atoms with Crippen molar-refractivity contribution in [2.45, 2.75) is 51.7 Å². The second-order valence-electron chi connectivity index (χ2n) is 10.6. The molecule has 43 heavy (non-hydrogen) atoms. The van der Waals surface area contributed by atoms with Gasteiger partial charge >= 0.3 is 12.1 Å². The normalized spacial score (nSPS) is 17.7. The molecule has 3 aromatic rings. The Labute approximate surface area is 252 Å². The van der Waals surface area contributed by atoms with Gasteiger partial charge in [-0.1, -0.05) is 60.7 Å². The van der Waals surface area contributed by atoms with Crippen LogP contribution in [0.3, 0.4) is 0 Å². The zero-order valence-corrected chi connectivity index (χ0v) is 24.6. The summed E-state index contributed by atoms with van der Waals surface area (Å²) in [6, 6.07) is 25.3. The Morgan fingerprint density at radius 3 is 2.16 bits per heavy atom. The maximum absolute atomic E-state index is 13.7. The number of likely N-dealkylation sites (tertiary alicyclic amines) is 1. The van der Waals surface area contributed by atoms with Crippen LogP contribution in [-0.4, -0.2) is 54.8 Å². The summed E-state index contributed by atoms with van der Waals surface area (Å²) in [6.45, 7) is 2.29. The summed E-state index contributed by atoms with van der Waals surface area (Å²) in [6.07, 6.45) is 3.98. The second-order valence-corrected chi connectivity index (χ2v) is 10.6. The maximum atomic E-state index is 13.7. The number of carbonyl (C=O) groups excluding carboxylic acids is 4. The lowest BCUT2D eigenvalue weighted by molar-refractivity contribution is -0.149. The first-order chi connectivity index (χ1) is 21.0. The van der Waals surface area contributed by atoms with E-state index in [9.17, 15) is 19.2 Å². The van der Waals surface area contributed by atoms with Crippen LogP contribution in [0.5, 0.6) is 5.75 Å². The molecule has 1 aliphatic rings. The zero-order chi connectivity index (χ0) is 30.4. The van der Waals surface area contributed by atoms with Crippen molar-refractivity contribution in [1.82, 2.24) is 4.90 Å². The predicted octanol–water partition coefficient (Wildman–Crippen LogP) is 6.07. The number of hydrogen-bond acceptors (Lipinski definition) is 7. The van der Waals surface area contributed by atoms with Crippen LogP contribution >= 0.6 is 0 Å². The lowest BCUT2D eigenvalue weighted by atomic mass is 9.83. The average molecular weight is 586 g/mol. The smallest absolute Gasteiger partial charge is 0.410 e. The molecule has 3 aromatic carbocycles. The predicted molar refractivity (Wildman–Crippen MR) is 162 cm³/mol. The van der Waals surface area contributed by atoms with Crippen molar-refractivity contribution in [1.29, 1.82) is 0 Å². The quantitative estimate of drug-likeness (QED) is 0.0924. The van der Waals surface area contributed by atoms with Crippen LogP contribution in [0.2, 0.25) is 0 Å². The second kappa shape index (κ2) is 16.2. The first-order valence-electron chi connectivity index (χ1n) is 14.9. The van der Waals surface area contributed by atoms with Crippen LogP contribution in [0.4, 0.5) is 4.79 Å². The van der Waals surface area contributed by atoms with E-state index in [1.54, 1.807) is 31.2 Å². The number of rotatable bonds is 15. The fraction of sp³-hybridized carbons (Fsp3) is 0.371. The molecule has 0 radical (unpaired) electrons. The number of Topliss-reactive ketones (excluding diaryl/α,β-unsaturated/α-hetero) is 1. The number of benzene rings is 3. The minimum absolute atomic E-state index is 0.0111. The third-order valence-electron chi connectivity index (χ3n) is 7.68. The summed E-state index contributed by atoms with van der Waals surface area (Å²) in [5, 5.41) is 0. The Morgan fingerprint density at radius 1 is 0.837 bits per heavy atom. The minimum Gasteiger partial charge on any atom is -0.494 e. The molecular weight excluding hydrogens is 546 g/mol. The van der Waals surface area contributed by atoms with E-state index < -0.39 is 29.9 Å². The topological polar surface area (TPSA) is 99.2 Å². The van der Waals surface area contributed by atoms with Gasteiger partial charge in [0.05, 0.1) is 13.2 Å². The van der Waals surface area contributed by atoms with Crippen LogP contribution < -0.4 is 4.74 Å². The van der Waals surface area contributed by atoms with E-state index in [2.05, 4.69) is 24.3 Å². The molecule has 4 rings (SSSR count). The number of hydrogen-bond donors (Lipinski definition) is 0. The zero-order valence-electron chi connectivity index (χ0n) is 24.6. The van der Waals surface area contributed by atoms with Crippen molar-refractivity contribution in [3.05, 3.63) is 102 Å². The lowest BCUT2D eigenvalue weighted by Gasteiger charge is -2.25. The number of aldehydes is 1. The molecule has 0 bridgehead atoms. The molecule has 0 aliphatic carbocycles. The van der Waals surface area contributed by atoms with E-state index in [0.29, 0.717) is 24.2 Å². The van der Waals surface area contributed by atoms with Gasteiger partial charge in [0.1, 0.15) is 24.7 Å². The van der Waals surface area contributed by atoms with Crippen LogP contribution in [0.1, 0.15) is 54.1 Å². The number of carbonyl (C=O) groups is 4. The van der Waals surface area contributed by atoms with Gasteiger partial charge in [-0.3, -0.25) is 9.69 Å². The van der Waals surface area contributed by atoms with E-state index in [0.717, 1.165) is 31.2 Å². The molecule has 3 atom stereocenters. The molecule has 226 valence electrons. The number of unbranched alkanes of at least 4 members (excludes halogenated alkanes) is 2. The number of amides is 1. The van der Waals surface area contributed by atoms with E-state index in [1.807, 2.05) is 36.4 Å². The Kier molecular flexibility index (Phi) is 11.9. The van der Waals surface area contributed by atoms with Crippen molar-refractivity contribution < 1.29 is 33.4 Å². The Bertz CT molecular complexity index is 1330. The first kappa shape index (κ1) is 31.5. The van der Waals surface area contributed by atoms with Crippen molar-refractivity contribution in [2.75, 3.05) is 19.8 Å². The third-order valence-corrected chi connectivity index (χ3v) is 7.68. The number of ketones is 1. The van der Waals surface area contributed by atoms with Crippen LogP contribution in [0.15, 0.2) is 84.9 Å². The number of nitrogens with zero attached hydrogens (tertiary/aromatic N) is 1. The minimum atomic E-state index is -1.10. The highest BCUT2D eigenvalue weighted by Crippen LogP contribution is 2.36. The Hall–Kier alpha value is -4.46. The van der Waals surface area contributed by atoms with Gasteiger partial charge in [-0.25, -0.2) is 9.59 Å². The molecule has 0 aromatic heterocycles. The van der Waals surface area contributed by atoms with Gasteiger partial charge in [-0.2, -0.15) is 0 Å². The van der Waals surface area contributed by atoms with Crippen molar-refractivity contribution in [3.8, 4) is 5.75 Å². The van der Waals surface area contributed by atoms with E-state index in [4.69, 9.17) is 14.2 Å². The lowest BCUT2D eigenvalue weighted by Crippen LogP contribution is -2.44. The summed E-state index contributed by atoms with van der Waals surface area (Å²) in [7, 11) is 0. The molecule has 0 N–H and O–H groups in total. The van der Waals surface area contributed by atoms with Gasteiger partial charge in [0.15, 0.2) is 5.78 Å². The molecular formula is C35H39NO7. The van der Waals surface area contributed by atoms with Gasteiger partial charge in [-0.15, -0.1) is 0 Å². The number of esters is 1. The van der Waals surface area contributed by atoms with Gasteiger partial charge in [0.2, 0.25) is 0 Å². The molecule has 8 heteroatoms. The summed E-state index contributed by atoms with van der Waals surface area (Å²) in [5.74, 6) is -1.77. The largest absolute Gasteiger partial charge is 0.494 e. The SMILES string of the molecule is CCOC(=O)[C@@H]1[C@@H](CC=O)[C@@H](C(=O)c2ccc(OCCCCCc3ccccc3)cc2)CN1C(=O)OCc1ccccc1. The van der Waals surface area contributed by atoms with Crippen LogP contribution in [0, 0.1) is 11.8 Å². The summed E-state index contributed by atoms with van der Waals surface area (Å²) in [4.78, 5) is 52.7. The monoisotopic (exact) mass is 585 g/mol. The number of aryl methyl sites for hydroxylation is 1. The molecule has 1 heterocycles. The van der Waals surface area contributed by atoms with Crippen LogP contribution in [-0.2, 0) is 32.1 Å². The number of ether oxygens (including phenoxy) is 3. The maximum Gasteiger partial charge on any atom is 0.410 e. The molecule has 1 aliphatic heterocycles. The summed E-state index contributed by atoms with van der Waals surface area (Å²) >= 11 is 0. The Morgan fingerprint density at radius 2 is 1.51 bits per heavy atom. The fourth-order valence-corrected chi connectivity index (χ4v) is 5.49. The van der Waals surface area contributed by atoms with Crippen molar-refractivity contribution >= 4 is 24.1 Å². The Balaban J connectivity index is 1.37. The molecule has 0 spiro atoms. The van der Waals surface area contributed by atoms with Gasteiger partial charge in [0.25, 0.3) is 0 Å². The molecule has 1 saturated heterocycles. The molecule has 0 unspecified atom stereocenters. The highest BCUT2D eigenvalue weighted by molar-refractivity contribution is 6.00.